The van der Waals surface area contributed by atoms with Crippen molar-refractivity contribution in [3.8, 4) is 22.5 Å². The molecule has 0 bridgehead atoms. The molecule has 6 heteroatoms. The lowest BCUT2D eigenvalue weighted by atomic mass is 9.97. The van der Waals surface area contributed by atoms with Crippen LogP contribution in [0.15, 0.2) is 40.2 Å². The van der Waals surface area contributed by atoms with Crippen LogP contribution in [0.3, 0.4) is 0 Å². The molecule has 0 aliphatic rings. The molecule has 0 atom stereocenters. The fourth-order valence-electron chi connectivity index (χ4n) is 2.30. The third-order valence-electron chi connectivity index (χ3n) is 3.66. The number of rotatable bonds is 4. The Kier molecular flexibility index (Phi) is 4.72. The maximum absolute atomic E-state index is 11.9. The van der Waals surface area contributed by atoms with Crippen molar-refractivity contribution in [3.63, 3.8) is 0 Å². The summed E-state index contributed by atoms with van der Waals surface area (Å²) in [7, 11) is 0. The van der Waals surface area contributed by atoms with Crippen molar-refractivity contribution in [2.75, 3.05) is 0 Å². The van der Waals surface area contributed by atoms with Gasteiger partial charge in [0.1, 0.15) is 23.1 Å². The van der Waals surface area contributed by atoms with Gasteiger partial charge < -0.3 is 9.26 Å². The molecule has 0 unspecified atom stereocenters. The Bertz CT molecular complexity index is 876. The molecule has 2 aromatic heterocycles. The van der Waals surface area contributed by atoms with E-state index in [-0.39, 0.29) is 12.6 Å². The maximum Gasteiger partial charge on any atom is 0.311 e. The van der Waals surface area contributed by atoms with Crippen LogP contribution in [-0.2, 0) is 16.1 Å². The number of thiazole rings is 1. The molecule has 0 radical (unpaired) electrons. The van der Waals surface area contributed by atoms with E-state index in [9.17, 15) is 4.79 Å². The van der Waals surface area contributed by atoms with Gasteiger partial charge in [-0.3, -0.25) is 4.79 Å². The molecule has 5 nitrogen and oxygen atoms in total. The van der Waals surface area contributed by atoms with E-state index >= 15 is 0 Å². The molecule has 130 valence electrons. The Morgan fingerprint density at radius 1 is 1.24 bits per heavy atom. The second kappa shape index (κ2) is 6.80. The second-order valence-corrected chi connectivity index (χ2v) is 7.72. The largest absolute Gasteiger partial charge is 0.458 e. The van der Waals surface area contributed by atoms with E-state index in [0.717, 1.165) is 27.5 Å². The third kappa shape index (κ3) is 3.79. The smallest absolute Gasteiger partial charge is 0.311 e. The number of carbonyl (C=O) groups is 1. The summed E-state index contributed by atoms with van der Waals surface area (Å²) in [6.07, 6.45) is 0. The fraction of sp³-hybridized carbons (Fsp3) is 0.316. The Morgan fingerprint density at radius 3 is 2.64 bits per heavy atom. The van der Waals surface area contributed by atoms with Gasteiger partial charge in [0, 0.05) is 10.9 Å². The van der Waals surface area contributed by atoms with Gasteiger partial charge in [0.05, 0.1) is 16.7 Å². The first-order valence-corrected chi connectivity index (χ1v) is 8.88. The number of aryl methyl sites for hydroxylation is 1. The van der Waals surface area contributed by atoms with Crippen LogP contribution >= 0.6 is 11.3 Å². The minimum atomic E-state index is -0.522. The first-order valence-electron chi connectivity index (χ1n) is 8.00. The number of hydrogen-bond donors (Lipinski definition) is 0. The number of ether oxygens (including phenoxy) is 1. The van der Waals surface area contributed by atoms with E-state index in [1.807, 2.05) is 63.4 Å². The van der Waals surface area contributed by atoms with Crippen LogP contribution in [0.5, 0.6) is 0 Å². The van der Waals surface area contributed by atoms with Crippen molar-refractivity contribution in [2.24, 2.45) is 5.41 Å². The summed E-state index contributed by atoms with van der Waals surface area (Å²) in [4.78, 5) is 16.5. The lowest BCUT2D eigenvalue weighted by molar-refractivity contribution is -0.154. The van der Waals surface area contributed by atoms with Crippen LogP contribution in [0.4, 0.5) is 0 Å². The number of benzene rings is 1. The molecule has 0 saturated carbocycles. The summed E-state index contributed by atoms with van der Waals surface area (Å²) in [5, 5.41) is 6.86. The van der Waals surface area contributed by atoms with Gasteiger partial charge in [-0.2, -0.15) is 0 Å². The van der Waals surface area contributed by atoms with E-state index in [1.165, 1.54) is 11.3 Å². The molecule has 0 aliphatic heterocycles. The monoisotopic (exact) mass is 356 g/mol. The van der Waals surface area contributed by atoms with E-state index in [2.05, 4.69) is 10.1 Å². The van der Waals surface area contributed by atoms with Crippen LogP contribution in [0.25, 0.3) is 22.5 Å². The Hall–Kier alpha value is -2.47. The molecule has 0 saturated heterocycles. The highest BCUT2D eigenvalue weighted by Gasteiger charge is 2.24. The van der Waals surface area contributed by atoms with Crippen LogP contribution < -0.4 is 0 Å². The van der Waals surface area contributed by atoms with E-state index in [4.69, 9.17) is 9.26 Å². The molecule has 0 fully saturated rings. The molecule has 0 amide bonds. The topological polar surface area (TPSA) is 65.2 Å². The van der Waals surface area contributed by atoms with Gasteiger partial charge in [-0.15, -0.1) is 11.3 Å². The zero-order chi connectivity index (χ0) is 18.0. The SMILES string of the molecule is Cc1onc(-c2ccccc2)c1-c1csc(COC(=O)C(C)(C)C)n1. The Morgan fingerprint density at radius 2 is 1.96 bits per heavy atom. The van der Waals surface area contributed by atoms with Gasteiger partial charge in [-0.25, -0.2) is 4.98 Å². The molecule has 0 spiro atoms. The van der Waals surface area contributed by atoms with Gasteiger partial charge in [-0.05, 0) is 27.7 Å². The summed E-state index contributed by atoms with van der Waals surface area (Å²) in [5.41, 5.74) is 2.87. The molecule has 1 aromatic carbocycles. The lowest BCUT2D eigenvalue weighted by Crippen LogP contribution is -2.22. The standard InChI is InChI=1S/C19H20N2O3S/c1-12-16(17(21-24-12)13-8-6-5-7-9-13)14-11-25-15(20-14)10-23-18(22)19(2,3)4/h5-9,11H,10H2,1-4H3. The molecule has 0 aliphatic carbocycles. The number of nitrogens with zero attached hydrogens (tertiary/aromatic N) is 2. The minimum absolute atomic E-state index is 0.172. The Labute approximate surface area is 150 Å². The molecule has 0 N–H and O–H groups in total. The van der Waals surface area contributed by atoms with E-state index in [1.54, 1.807) is 0 Å². The van der Waals surface area contributed by atoms with Crippen molar-refractivity contribution in [1.29, 1.82) is 0 Å². The van der Waals surface area contributed by atoms with E-state index < -0.39 is 5.41 Å². The average molecular weight is 356 g/mol. The van der Waals surface area contributed by atoms with Crippen molar-refractivity contribution in [3.05, 3.63) is 46.5 Å². The quantitative estimate of drug-likeness (QED) is 0.624. The summed E-state index contributed by atoms with van der Waals surface area (Å²) in [6.45, 7) is 7.53. The zero-order valence-corrected chi connectivity index (χ0v) is 15.5. The van der Waals surface area contributed by atoms with Crippen molar-refractivity contribution in [1.82, 2.24) is 10.1 Å². The number of aromatic nitrogens is 2. The van der Waals surface area contributed by atoms with Crippen LogP contribution in [-0.4, -0.2) is 16.1 Å². The summed E-state index contributed by atoms with van der Waals surface area (Å²) >= 11 is 1.46. The van der Waals surface area contributed by atoms with Crippen LogP contribution in [0.1, 0.15) is 31.5 Å². The summed E-state index contributed by atoms with van der Waals surface area (Å²) < 4.78 is 10.7. The second-order valence-electron chi connectivity index (χ2n) is 6.78. The van der Waals surface area contributed by atoms with Crippen LogP contribution in [0, 0.1) is 12.3 Å². The number of esters is 1. The van der Waals surface area contributed by atoms with Gasteiger partial charge in [0.2, 0.25) is 0 Å². The highest BCUT2D eigenvalue weighted by atomic mass is 32.1. The van der Waals surface area contributed by atoms with Crippen molar-refractivity contribution >= 4 is 17.3 Å². The molecule has 3 aromatic rings. The van der Waals surface area contributed by atoms with Crippen LogP contribution in [0.2, 0.25) is 0 Å². The zero-order valence-electron chi connectivity index (χ0n) is 14.7. The summed E-state index contributed by atoms with van der Waals surface area (Å²) in [6, 6.07) is 9.85. The molecule has 3 rings (SSSR count). The lowest BCUT2D eigenvalue weighted by Gasteiger charge is -2.15. The first kappa shape index (κ1) is 17.4. The maximum atomic E-state index is 11.9. The van der Waals surface area contributed by atoms with Crippen molar-refractivity contribution < 1.29 is 14.1 Å². The van der Waals surface area contributed by atoms with Gasteiger partial charge in [0.15, 0.2) is 0 Å². The number of carbonyl (C=O) groups excluding carboxylic acids is 1. The summed E-state index contributed by atoms with van der Waals surface area (Å²) in [5.74, 6) is 0.470. The normalized spacial score (nSPS) is 11.5. The minimum Gasteiger partial charge on any atom is -0.458 e. The predicted molar refractivity (Wildman–Crippen MR) is 97.0 cm³/mol. The molecular weight excluding hydrogens is 336 g/mol. The predicted octanol–water partition coefficient (Wildman–Crippen LogP) is 4.86. The third-order valence-corrected chi connectivity index (χ3v) is 4.48. The average Bonchev–Trinajstić information content (AvgIpc) is 3.18. The van der Waals surface area contributed by atoms with Gasteiger partial charge in [-0.1, -0.05) is 35.5 Å². The van der Waals surface area contributed by atoms with Crippen molar-refractivity contribution in [2.45, 2.75) is 34.3 Å². The fourth-order valence-corrected chi connectivity index (χ4v) is 3.00. The molecular formula is C19H20N2O3S. The molecule has 2 heterocycles. The van der Waals surface area contributed by atoms with Gasteiger partial charge >= 0.3 is 5.97 Å². The van der Waals surface area contributed by atoms with E-state index in [0.29, 0.717) is 5.76 Å². The number of hydrogen-bond acceptors (Lipinski definition) is 6. The molecule has 25 heavy (non-hydrogen) atoms. The van der Waals surface area contributed by atoms with Gasteiger partial charge in [0.25, 0.3) is 0 Å². The highest BCUT2D eigenvalue weighted by molar-refractivity contribution is 7.09. The first-order chi connectivity index (χ1) is 11.9. The Balaban J connectivity index is 1.84. The highest BCUT2D eigenvalue weighted by Crippen LogP contribution is 2.34.